The highest BCUT2D eigenvalue weighted by Crippen LogP contribution is 2.33. The van der Waals surface area contributed by atoms with Crippen molar-refractivity contribution in [3.63, 3.8) is 0 Å². The van der Waals surface area contributed by atoms with Gasteiger partial charge in [0.1, 0.15) is 0 Å². The summed E-state index contributed by atoms with van der Waals surface area (Å²) in [5, 5.41) is 0. The molecule has 0 bridgehead atoms. The lowest BCUT2D eigenvalue weighted by atomic mass is 9.97. The fraction of sp³-hybridized carbons (Fsp3) is 0.250. The minimum atomic E-state index is -4.34. The van der Waals surface area contributed by atoms with Crippen molar-refractivity contribution in [1.29, 1.82) is 0 Å². The number of benzene rings is 2. The van der Waals surface area contributed by atoms with Crippen LogP contribution >= 0.6 is 0 Å². The van der Waals surface area contributed by atoms with Gasteiger partial charge in [0.05, 0.1) is 11.7 Å². The number of fused-ring (bicyclic) bond motifs is 1. The molecule has 0 saturated carbocycles. The number of halogens is 3. The van der Waals surface area contributed by atoms with Crippen molar-refractivity contribution in [3.8, 4) is 0 Å². The molecule has 0 fully saturated rings. The third-order valence-corrected chi connectivity index (χ3v) is 3.79. The van der Waals surface area contributed by atoms with Crippen molar-refractivity contribution in [1.82, 2.24) is 0 Å². The van der Waals surface area contributed by atoms with Gasteiger partial charge in [-0.1, -0.05) is 30.3 Å². The van der Waals surface area contributed by atoms with Gasteiger partial charge in [0.2, 0.25) is 0 Å². The van der Waals surface area contributed by atoms with Gasteiger partial charge in [-0.3, -0.25) is 0 Å². The summed E-state index contributed by atoms with van der Waals surface area (Å²) in [7, 11) is 0. The molecule has 5 heteroatoms. The van der Waals surface area contributed by atoms with E-state index in [2.05, 4.69) is 0 Å². The van der Waals surface area contributed by atoms with Gasteiger partial charge in [-0.15, -0.1) is 0 Å². The lowest BCUT2D eigenvalue weighted by Crippen LogP contribution is -2.46. The van der Waals surface area contributed by atoms with Crippen LogP contribution in [0.3, 0.4) is 0 Å². The van der Waals surface area contributed by atoms with Crippen LogP contribution in [0.25, 0.3) is 0 Å². The molecule has 110 valence electrons. The van der Waals surface area contributed by atoms with Crippen molar-refractivity contribution < 1.29 is 13.2 Å². The lowest BCUT2D eigenvalue weighted by molar-refractivity contribution is -0.137. The Kier molecular flexibility index (Phi) is 3.37. The molecular weight excluding hydrogens is 277 g/mol. The molecular formula is C16H15F3N2. The SMILES string of the molecule is N[C@@H]1Cc2ccccc2CN1c1cccc(C(F)(F)F)c1. The molecule has 2 aromatic rings. The van der Waals surface area contributed by atoms with E-state index >= 15 is 0 Å². The first-order chi connectivity index (χ1) is 9.95. The largest absolute Gasteiger partial charge is 0.416 e. The number of nitrogens with zero attached hydrogens (tertiary/aromatic N) is 1. The van der Waals surface area contributed by atoms with E-state index in [1.54, 1.807) is 6.07 Å². The first kappa shape index (κ1) is 13.9. The normalized spacial score (nSPS) is 18.5. The van der Waals surface area contributed by atoms with Crippen LogP contribution in [0.4, 0.5) is 18.9 Å². The summed E-state index contributed by atoms with van der Waals surface area (Å²) in [6, 6.07) is 13.2. The Morgan fingerprint density at radius 1 is 1.00 bits per heavy atom. The van der Waals surface area contributed by atoms with E-state index in [0.29, 0.717) is 18.7 Å². The zero-order valence-corrected chi connectivity index (χ0v) is 11.3. The van der Waals surface area contributed by atoms with Crippen molar-refractivity contribution in [3.05, 3.63) is 65.2 Å². The topological polar surface area (TPSA) is 29.3 Å². The highest BCUT2D eigenvalue weighted by Gasteiger charge is 2.31. The second-order valence-electron chi connectivity index (χ2n) is 5.22. The quantitative estimate of drug-likeness (QED) is 0.871. The minimum Gasteiger partial charge on any atom is -0.352 e. The Bertz CT molecular complexity index is 652. The molecule has 0 radical (unpaired) electrons. The molecule has 1 atom stereocenters. The van der Waals surface area contributed by atoms with Gasteiger partial charge in [0.25, 0.3) is 0 Å². The molecule has 3 rings (SSSR count). The molecule has 1 aliphatic heterocycles. The molecule has 1 aliphatic rings. The maximum atomic E-state index is 12.8. The number of hydrogen-bond donors (Lipinski definition) is 1. The van der Waals surface area contributed by atoms with Crippen LogP contribution in [0.5, 0.6) is 0 Å². The van der Waals surface area contributed by atoms with Crippen LogP contribution < -0.4 is 10.6 Å². The molecule has 0 spiro atoms. The summed E-state index contributed by atoms with van der Waals surface area (Å²) in [6.07, 6.45) is -4.02. The molecule has 2 nitrogen and oxygen atoms in total. The highest BCUT2D eigenvalue weighted by atomic mass is 19.4. The Labute approximate surface area is 121 Å². The number of nitrogens with two attached hydrogens (primary N) is 1. The molecule has 0 aromatic heterocycles. The summed E-state index contributed by atoms with van der Waals surface area (Å²) < 4.78 is 38.5. The summed E-state index contributed by atoms with van der Waals surface area (Å²) in [6.45, 7) is 0.526. The smallest absolute Gasteiger partial charge is 0.352 e. The summed E-state index contributed by atoms with van der Waals surface area (Å²) in [5.41, 5.74) is 8.26. The summed E-state index contributed by atoms with van der Waals surface area (Å²) >= 11 is 0. The Balaban J connectivity index is 1.94. The number of anilines is 1. The van der Waals surface area contributed by atoms with E-state index in [4.69, 9.17) is 5.73 Å². The first-order valence-electron chi connectivity index (χ1n) is 6.71. The predicted molar refractivity (Wildman–Crippen MR) is 75.7 cm³/mol. The van der Waals surface area contributed by atoms with Gasteiger partial charge in [-0.25, -0.2) is 0 Å². The minimum absolute atomic E-state index is 0.316. The fourth-order valence-electron chi connectivity index (χ4n) is 2.69. The van der Waals surface area contributed by atoms with E-state index in [-0.39, 0.29) is 6.17 Å². The molecule has 0 aliphatic carbocycles. The van der Waals surface area contributed by atoms with Crippen LogP contribution in [0, 0.1) is 0 Å². The van der Waals surface area contributed by atoms with Crippen LogP contribution in [0.15, 0.2) is 48.5 Å². The number of rotatable bonds is 1. The molecule has 2 N–H and O–H groups in total. The third kappa shape index (κ3) is 2.74. The van der Waals surface area contributed by atoms with Crippen LogP contribution in [0.1, 0.15) is 16.7 Å². The van der Waals surface area contributed by atoms with Gasteiger partial charge >= 0.3 is 6.18 Å². The standard InChI is InChI=1S/C16H15F3N2/c17-16(18,19)13-6-3-7-14(9-13)21-10-12-5-2-1-4-11(12)8-15(21)20/h1-7,9,15H,8,10,20H2/t15-/m0/s1. The molecule has 0 unspecified atom stereocenters. The van der Waals surface area contributed by atoms with Crippen LogP contribution in [-0.4, -0.2) is 6.17 Å². The van der Waals surface area contributed by atoms with E-state index < -0.39 is 11.7 Å². The van der Waals surface area contributed by atoms with Crippen molar-refractivity contribution >= 4 is 5.69 Å². The molecule has 2 aromatic carbocycles. The maximum absolute atomic E-state index is 12.8. The Hall–Kier alpha value is -2.01. The molecule has 0 saturated heterocycles. The average molecular weight is 292 g/mol. The average Bonchev–Trinajstić information content (AvgIpc) is 2.46. The first-order valence-corrected chi connectivity index (χ1v) is 6.71. The summed E-state index contributed by atoms with van der Waals surface area (Å²) in [4.78, 5) is 1.82. The van der Waals surface area contributed by atoms with Crippen molar-refractivity contribution in [2.24, 2.45) is 5.73 Å². The second kappa shape index (κ2) is 5.07. The molecule has 1 heterocycles. The number of hydrogen-bond acceptors (Lipinski definition) is 2. The molecule has 0 amide bonds. The number of alkyl halides is 3. The highest BCUT2D eigenvalue weighted by molar-refractivity contribution is 5.52. The van der Waals surface area contributed by atoms with E-state index in [9.17, 15) is 13.2 Å². The van der Waals surface area contributed by atoms with E-state index in [1.807, 2.05) is 29.2 Å². The fourth-order valence-corrected chi connectivity index (χ4v) is 2.69. The van der Waals surface area contributed by atoms with Crippen LogP contribution in [0.2, 0.25) is 0 Å². The van der Waals surface area contributed by atoms with Gasteiger partial charge < -0.3 is 10.6 Å². The van der Waals surface area contributed by atoms with E-state index in [1.165, 1.54) is 6.07 Å². The summed E-state index contributed by atoms with van der Waals surface area (Å²) in [5.74, 6) is 0. The van der Waals surface area contributed by atoms with E-state index in [0.717, 1.165) is 23.3 Å². The zero-order valence-electron chi connectivity index (χ0n) is 11.3. The van der Waals surface area contributed by atoms with Crippen molar-refractivity contribution in [2.75, 3.05) is 4.90 Å². The van der Waals surface area contributed by atoms with Gasteiger partial charge in [0, 0.05) is 18.7 Å². The Morgan fingerprint density at radius 2 is 1.71 bits per heavy atom. The van der Waals surface area contributed by atoms with Gasteiger partial charge in [-0.2, -0.15) is 13.2 Å². The Morgan fingerprint density at radius 3 is 2.43 bits per heavy atom. The third-order valence-electron chi connectivity index (χ3n) is 3.79. The predicted octanol–water partition coefficient (Wildman–Crippen LogP) is 3.55. The van der Waals surface area contributed by atoms with Gasteiger partial charge in [-0.05, 0) is 29.3 Å². The van der Waals surface area contributed by atoms with Gasteiger partial charge in [0.15, 0.2) is 0 Å². The van der Waals surface area contributed by atoms with Crippen LogP contribution in [-0.2, 0) is 19.1 Å². The monoisotopic (exact) mass is 292 g/mol. The zero-order chi connectivity index (χ0) is 15.0. The second-order valence-corrected chi connectivity index (χ2v) is 5.22. The maximum Gasteiger partial charge on any atom is 0.416 e. The lowest BCUT2D eigenvalue weighted by Gasteiger charge is -2.36. The molecule has 21 heavy (non-hydrogen) atoms. The van der Waals surface area contributed by atoms with Crippen molar-refractivity contribution in [2.45, 2.75) is 25.3 Å².